The number of carbonyl (C=O) groups excluding carboxylic acids is 1. The number of benzene rings is 1. The van der Waals surface area contributed by atoms with Crippen LogP contribution in [0.15, 0.2) is 12.1 Å². The Labute approximate surface area is 79.5 Å². The lowest BCUT2D eigenvalue weighted by Crippen LogP contribution is -2.03. The zero-order valence-corrected chi connectivity index (χ0v) is 7.70. The van der Waals surface area contributed by atoms with Crippen molar-refractivity contribution in [3.63, 3.8) is 0 Å². The van der Waals surface area contributed by atoms with Gasteiger partial charge in [0.15, 0.2) is 5.78 Å². The minimum Gasteiger partial charge on any atom is -0.294 e. The number of carbonyl (C=O) groups is 1. The average Bonchev–Trinajstić information content (AvgIpc) is 2.01. The lowest BCUT2D eigenvalue weighted by Gasteiger charge is -2.01. The molecule has 1 aromatic carbocycles. The van der Waals surface area contributed by atoms with E-state index >= 15 is 0 Å². The van der Waals surface area contributed by atoms with E-state index in [4.69, 9.17) is 0 Å². The highest BCUT2D eigenvalue weighted by atomic mass is 19.1. The van der Waals surface area contributed by atoms with E-state index < -0.39 is 22.2 Å². The first-order valence-corrected chi connectivity index (χ1v) is 3.89. The molecule has 0 bridgehead atoms. The molecule has 0 unspecified atom stereocenters. The number of halogens is 1. The first-order valence-electron chi connectivity index (χ1n) is 3.89. The third-order valence-electron chi connectivity index (χ3n) is 1.77. The summed E-state index contributed by atoms with van der Waals surface area (Å²) in [5, 5.41) is 10.5. The molecule has 0 heterocycles. The van der Waals surface area contributed by atoms with Crippen LogP contribution < -0.4 is 0 Å². The highest BCUT2D eigenvalue weighted by Crippen LogP contribution is 2.24. The second-order valence-corrected chi connectivity index (χ2v) is 2.96. The monoisotopic (exact) mass is 197 g/mol. The maximum atomic E-state index is 13.1. The predicted molar refractivity (Wildman–Crippen MR) is 47.8 cm³/mol. The van der Waals surface area contributed by atoms with Crippen LogP contribution in [0.2, 0.25) is 0 Å². The Bertz CT molecular complexity index is 415. The van der Waals surface area contributed by atoms with E-state index in [1.54, 1.807) is 6.92 Å². The summed E-state index contributed by atoms with van der Waals surface area (Å²) < 4.78 is 13.1. The Morgan fingerprint density at radius 2 is 2.07 bits per heavy atom. The second kappa shape index (κ2) is 3.53. The number of nitrogens with zero attached hydrogens (tertiary/aromatic N) is 1. The fourth-order valence-corrected chi connectivity index (χ4v) is 1.19. The van der Waals surface area contributed by atoms with Crippen molar-refractivity contribution in [2.24, 2.45) is 0 Å². The summed E-state index contributed by atoms with van der Waals surface area (Å²) >= 11 is 0. The van der Waals surface area contributed by atoms with Crippen molar-refractivity contribution in [2.75, 3.05) is 0 Å². The van der Waals surface area contributed by atoms with Gasteiger partial charge in [0.05, 0.1) is 10.5 Å². The molecule has 0 saturated heterocycles. The molecule has 1 aromatic rings. The molecular formula is C9H8FNO3. The number of hydrogen-bond acceptors (Lipinski definition) is 3. The van der Waals surface area contributed by atoms with E-state index in [0.29, 0.717) is 5.56 Å². The summed E-state index contributed by atoms with van der Waals surface area (Å²) in [6.45, 7) is 2.74. The zero-order chi connectivity index (χ0) is 10.9. The van der Waals surface area contributed by atoms with Gasteiger partial charge in [0.2, 0.25) is 5.82 Å². The summed E-state index contributed by atoms with van der Waals surface area (Å²) in [4.78, 5) is 20.6. The first kappa shape index (κ1) is 10.3. The van der Waals surface area contributed by atoms with E-state index in [9.17, 15) is 19.3 Å². The zero-order valence-electron chi connectivity index (χ0n) is 7.70. The largest absolute Gasteiger partial charge is 0.315 e. The van der Waals surface area contributed by atoms with E-state index in [2.05, 4.69) is 0 Å². The van der Waals surface area contributed by atoms with Crippen molar-refractivity contribution < 1.29 is 14.1 Å². The second-order valence-electron chi connectivity index (χ2n) is 2.96. The Hall–Kier alpha value is -1.78. The summed E-state index contributed by atoms with van der Waals surface area (Å²) in [6.07, 6.45) is 0. The molecule has 0 aliphatic heterocycles. The van der Waals surface area contributed by atoms with Crippen LogP contribution in [0.25, 0.3) is 0 Å². The van der Waals surface area contributed by atoms with E-state index in [0.717, 1.165) is 6.07 Å². The molecular weight excluding hydrogens is 189 g/mol. The number of nitro benzene ring substituents is 1. The molecule has 14 heavy (non-hydrogen) atoms. The predicted octanol–water partition coefficient (Wildman–Crippen LogP) is 2.24. The number of Topliss-reactive ketones (excluding diaryl/α,β-unsaturated/α-hetero) is 1. The number of hydrogen-bond donors (Lipinski definition) is 0. The highest BCUT2D eigenvalue weighted by Gasteiger charge is 2.23. The molecule has 1 rings (SSSR count). The average molecular weight is 197 g/mol. The van der Waals surface area contributed by atoms with Gasteiger partial charge >= 0.3 is 5.69 Å². The highest BCUT2D eigenvalue weighted by molar-refractivity contribution is 5.98. The van der Waals surface area contributed by atoms with Crippen LogP contribution in [0.5, 0.6) is 0 Å². The van der Waals surface area contributed by atoms with Crippen LogP contribution >= 0.6 is 0 Å². The van der Waals surface area contributed by atoms with Gasteiger partial charge in [0, 0.05) is 0 Å². The molecule has 0 spiro atoms. The molecule has 74 valence electrons. The fraction of sp³-hybridized carbons (Fsp3) is 0.222. The summed E-state index contributed by atoms with van der Waals surface area (Å²) in [7, 11) is 0. The SMILES string of the molecule is CC(=O)c1cc(C)cc(F)c1[N+](=O)[O-]. The number of nitro groups is 1. The molecule has 5 heteroatoms. The Kier molecular flexibility index (Phi) is 2.60. The number of aryl methyl sites for hydroxylation is 1. The van der Waals surface area contributed by atoms with Gasteiger partial charge in [-0.25, -0.2) is 0 Å². The van der Waals surface area contributed by atoms with Gasteiger partial charge in [-0.1, -0.05) is 0 Å². The van der Waals surface area contributed by atoms with Gasteiger partial charge in [-0.3, -0.25) is 14.9 Å². The van der Waals surface area contributed by atoms with Crippen LogP contribution in [0.1, 0.15) is 22.8 Å². The maximum absolute atomic E-state index is 13.1. The van der Waals surface area contributed by atoms with Crippen molar-refractivity contribution >= 4 is 11.5 Å². The molecule has 4 nitrogen and oxygen atoms in total. The minimum absolute atomic E-state index is 0.187. The van der Waals surface area contributed by atoms with Crippen LogP contribution in [0.3, 0.4) is 0 Å². The molecule has 0 fully saturated rings. The molecule has 0 aliphatic rings. The quantitative estimate of drug-likeness (QED) is 0.415. The van der Waals surface area contributed by atoms with Crippen molar-refractivity contribution in [1.29, 1.82) is 0 Å². The van der Waals surface area contributed by atoms with Crippen molar-refractivity contribution in [2.45, 2.75) is 13.8 Å². The Morgan fingerprint density at radius 1 is 1.50 bits per heavy atom. The molecule has 0 N–H and O–H groups in total. The van der Waals surface area contributed by atoms with Gasteiger partial charge in [-0.2, -0.15) is 4.39 Å². The molecule has 0 aliphatic carbocycles. The van der Waals surface area contributed by atoms with Crippen molar-refractivity contribution in [1.82, 2.24) is 0 Å². The van der Waals surface area contributed by atoms with Crippen LogP contribution in [0, 0.1) is 22.9 Å². The molecule has 0 aromatic heterocycles. The summed E-state index contributed by atoms with van der Waals surface area (Å²) in [5.74, 6) is -1.49. The summed E-state index contributed by atoms with van der Waals surface area (Å²) in [5.41, 5.74) is -0.450. The van der Waals surface area contributed by atoms with Crippen molar-refractivity contribution in [3.8, 4) is 0 Å². The Morgan fingerprint density at radius 3 is 2.50 bits per heavy atom. The lowest BCUT2D eigenvalue weighted by atomic mass is 10.1. The number of rotatable bonds is 2. The molecule has 0 atom stereocenters. The van der Waals surface area contributed by atoms with E-state index in [1.165, 1.54) is 13.0 Å². The van der Waals surface area contributed by atoms with Crippen molar-refractivity contribution in [3.05, 3.63) is 39.2 Å². The number of ketones is 1. The van der Waals surface area contributed by atoms with E-state index in [1.807, 2.05) is 0 Å². The standard InChI is InChI=1S/C9H8FNO3/c1-5-3-7(6(2)12)9(11(13)14)8(10)4-5/h3-4H,1-2H3. The third kappa shape index (κ3) is 1.76. The van der Waals surface area contributed by atoms with Gasteiger partial charge < -0.3 is 0 Å². The third-order valence-corrected chi connectivity index (χ3v) is 1.77. The van der Waals surface area contributed by atoms with Gasteiger partial charge in [-0.05, 0) is 31.5 Å². The fourth-order valence-electron chi connectivity index (χ4n) is 1.19. The van der Waals surface area contributed by atoms with Gasteiger partial charge in [-0.15, -0.1) is 0 Å². The van der Waals surface area contributed by atoms with Crippen LogP contribution in [0.4, 0.5) is 10.1 Å². The van der Waals surface area contributed by atoms with Crippen LogP contribution in [-0.2, 0) is 0 Å². The minimum atomic E-state index is -0.972. The lowest BCUT2D eigenvalue weighted by molar-refractivity contribution is -0.387. The molecule has 0 saturated carbocycles. The first-order chi connectivity index (χ1) is 6.43. The van der Waals surface area contributed by atoms with Gasteiger partial charge in [0.25, 0.3) is 0 Å². The normalized spacial score (nSPS) is 9.93. The summed E-state index contributed by atoms with van der Waals surface area (Å²) in [6, 6.07) is 2.34. The Balaban J connectivity index is 3.52. The van der Waals surface area contributed by atoms with Gasteiger partial charge in [0.1, 0.15) is 0 Å². The van der Waals surface area contributed by atoms with E-state index in [-0.39, 0.29) is 5.56 Å². The topological polar surface area (TPSA) is 60.2 Å². The molecule has 0 amide bonds. The molecule has 0 radical (unpaired) electrons. The van der Waals surface area contributed by atoms with Crippen LogP contribution in [-0.4, -0.2) is 10.7 Å². The smallest absolute Gasteiger partial charge is 0.294 e. The maximum Gasteiger partial charge on any atom is 0.315 e.